The third-order valence-corrected chi connectivity index (χ3v) is 3.47. The Bertz CT molecular complexity index is 665. The van der Waals surface area contributed by atoms with Gasteiger partial charge in [0.25, 0.3) is 0 Å². The van der Waals surface area contributed by atoms with Gasteiger partial charge in [0.05, 0.1) is 0 Å². The van der Waals surface area contributed by atoms with Crippen LogP contribution in [-0.2, 0) is 11.2 Å². The zero-order chi connectivity index (χ0) is 15.2. The molecule has 0 saturated heterocycles. The van der Waals surface area contributed by atoms with E-state index in [4.69, 9.17) is 4.74 Å². The van der Waals surface area contributed by atoms with Crippen LogP contribution in [0.2, 0.25) is 0 Å². The summed E-state index contributed by atoms with van der Waals surface area (Å²) in [6, 6.07) is 14.5. The maximum absolute atomic E-state index is 11.8. The number of rotatable bonds is 5. The molecule has 0 spiro atoms. The summed E-state index contributed by atoms with van der Waals surface area (Å²) in [5.41, 5.74) is 1.60. The molecule has 0 saturated carbocycles. The molecule has 2 rings (SSSR count). The number of hydrogen-bond donors (Lipinski definition) is 0. The van der Waals surface area contributed by atoms with E-state index >= 15 is 0 Å². The summed E-state index contributed by atoms with van der Waals surface area (Å²) in [4.78, 5) is 23.1. The van der Waals surface area contributed by atoms with Crippen molar-refractivity contribution >= 4 is 27.7 Å². The molecule has 3 nitrogen and oxygen atoms in total. The molecule has 0 N–H and O–H groups in total. The molecule has 0 unspecified atom stereocenters. The zero-order valence-corrected chi connectivity index (χ0v) is 13.2. The lowest BCUT2D eigenvalue weighted by Gasteiger charge is -2.06. The van der Waals surface area contributed by atoms with E-state index in [0.29, 0.717) is 24.2 Å². The molecule has 21 heavy (non-hydrogen) atoms. The van der Waals surface area contributed by atoms with Crippen molar-refractivity contribution in [2.45, 2.75) is 19.8 Å². The van der Waals surface area contributed by atoms with Crippen LogP contribution in [0.15, 0.2) is 53.0 Å². The molecule has 0 fully saturated rings. The third-order valence-electron chi connectivity index (χ3n) is 2.98. The van der Waals surface area contributed by atoms with E-state index in [1.165, 1.54) is 6.92 Å². The van der Waals surface area contributed by atoms with E-state index in [-0.39, 0.29) is 11.8 Å². The standard InChI is InChI=1S/C17H15BrO3/c1-12(19)14-5-3-7-16(11-14)21-17(20)9-8-13-4-2-6-15(18)10-13/h2-7,10-11H,8-9H2,1H3. The van der Waals surface area contributed by atoms with Gasteiger partial charge in [0.1, 0.15) is 5.75 Å². The number of halogens is 1. The molecule has 0 radical (unpaired) electrons. The highest BCUT2D eigenvalue weighted by Crippen LogP contribution is 2.16. The van der Waals surface area contributed by atoms with Crippen LogP contribution in [0.5, 0.6) is 5.75 Å². The molecule has 0 aliphatic rings. The number of carbonyl (C=O) groups is 2. The number of Topliss-reactive ketones (excluding diaryl/α,β-unsaturated/α-hetero) is 1. The molecule has 2 aromatic rings. The van der Waals surface area contributed by atoms with Crippen molar-refractivity contribution in [2.24, 2.45) is 0 Å². The lowest BCUT2D eigenvalue weighted by Crippen LogP contribution is -2.09. The third kappa shape index (κ3) is 4.83. The first-order valence-electron chi connectivity index (χ1n) is 6.61. The molecule has 2 aromatic carbocycles. The van der Waals surface area contributed by atoms with Gasteiger partial charge in [0.15, 0.2) is 5.78 Å². The largest absolute Gasteiger partial charge is 0.426 e. The fourth-order valence-electron chi connectivity index (χ4n) is 1.90. The smallest absolute Gasteiger partial charge is 0.311 e. The number of benzene rings is 2. The van der Waals surface area contributed by atoms with Crippen LogP contribution in [0.25, 0.3) is 0 Å². The van der Waals surface area contributed by atoms with Gasteiger partial charge in [-0.2, -0.15) is 0 Å². The number of aryl methyl sites for hydroxylation is 1. The summed E-state index contributed by atoms with van der Waals surface area (Å²) < 4.78 is 6.24. The second kappa shape index (κ2) is 7.18. The first-order valence-corrected chi connectivity index (χ1v) is 7.40. The average molecular weight is 347 g/mol. The predicted octanol–water partition coefficient (Wildman–Crippen LogP) is 4.19. The molecule has 0 heterocycles. The van der Waals surface area contributed by atoms with E-state index in [0.717, 1.165) is 10.0 Å². The molecular formula is C17H15BrO3. The van der Waals surface area contributed by atoms with Crippen molar-refractivity contribution in [2.75, 3.05) is 0 Å². The minimum atomic E-state index is -0.310. The van der Waals surface area contributed by atoms with Crippen LogP contribution in [0.1, 0.15) is 29.3 Å². The van der Waals surface area contributed by atoms with Gasteiger partial charge in [-0.15, -0.1) is 0 Å². The lowest BCUT2D eigenvalue weighted by molar-refractivity contribution is -0.134. The van der Waals surface area contributed by atoms with Crippen LogP contribution in [0, 0.1) is 0 Å². The van der Waals surface area contributed by atoms with E-state index in [2.05, 4.69) is 15.9 Å². The molecule has 0 aromatic heterocycles. The van der Waals surface area contributed by atoms with E-state index < -0.39 is 0 Å². The fourth-order valence-corrected chi connectivity index (χ4v) is 2.35. The Morgan fingerprint density at radius 2 is 1.86 bits per heavy atom. The first-order chi connectivity index (χ1) is 10.0. The molecule has 0 atom stereocenters. The van der Waals surface area contributed by atoms with Gasteiger partial charge in [0, 0.05) is 16.5 Å². The monoisotopic (exact) mass is 346 g/mol. The highest BCUT2D eigenvalue weighted by molar-refractivity contribution is 9.10. The van der Waals surface area contributed by atoms with Crippen molar-refractivity contribution in [1.82, 2.24) is 0 Å². The van der Waals surface area contributed by atoms with Crippen molar-refractivity contribution in [3.8, 4) is 5.75 Å². The number of carbonyl (C=O) groups excluding carboxylic acids is 2. The molecule has 0 bridgehead atoms. The summed E-state index contributed by atoms with van der Waals surface area (Å²) in [6.45, 7) is 1.48. The van der Waals surface area contributed by atoms with Gasteiger partial charge >= 0.3 is 5.97 Å². The van der Waals surface area contributed by atoms with Crippen LogP contribution >= 0.6 is 15.9 Å². The van der Waals surface area contributed by atoms with Gasteiger partial charge in [-0.05, 0) is 43.2 Å². The Balaban J connectivity index is 1.93. The predicted molar refractivity (Wildman–Crippen MR) is 84.5 cm³/mol. The summed E-state index contributed by atoms with van der Waals surface area (Å²) in [6.07, 6.45) is 0.908. The Hall–Kier alpha value is -1.94. The maximum Gasteiger partial charge on any atom is 0.311 e. The molecule has 0 amide bonds. The fraction of sp³-hybridized carbons (Fsp3) is 0.176. The van der Waals surface area contributed by atoms with Crippen LogP contribution in [-0.4, -0.2) is 11.8 Å². The van der Waals surface area contributed by atoms with Gasteiger partial charge in [0.2, 0.25) is 0 Å². The normalized spacial score (nSPS) is 10.2. The van der Waals surface area contributed by atoms with Crippen molar-refractivity contribution in [1.29, 1.82) is 0 Å². The van der Waals surface area contributed by atoms with Gasteiger partial charge in [-0.1, -0.05) is 40.2 Å². The molecular weight excluding hydrogens is 332 g/mol. The Labute approximate surface area is 132 Å². The SMILES string of the molecule is CC(=O)c1cccc(OC(=O)CCc2cccc(Br)c2)c1. The van der Waals surface area contributed by atoms with Crippen LogP contribution < -0.4 is 4.74 Å². The molecule has 108 valence electrons. The molecule has 0 aliphatic carbocycles. The Morgan fingerprint density at radius 1 is 1.10 bits per heavy atom. The minimum Gasteiger partial charge on any atom is -0.426 e. The van der Waals surface area contributed by atoms with Crippen molar-refractivity contribution in [3.05, 3.63) is 64.1 Å². The van der Waals surface area contributed by atoms with E-state index in [1.54, 1.807) is 24.3 Å². The van der Waals surface area contributed by atoms with E-state index in [9.17, 15) is 9.59 Å². The highest BCUT2D eigenvalue weighted by Gasteiger charge is 2.07. The van der Waals surface area contributed by atoms with Crippen molar-refractivity contribution < 1.29 is 14.3 Å². The quantitative estimate of drug-likeness (QED) is 0.463. The minimum absolute atomic E-state index is 0.0537. The average Bonchev–Trinajstić information content (AvgIpc) is 2.45. The second-order valence-electron chi connectivity index (χ2n) is 4.69. The summed E-state index contributed by atoms with van der Waals surface area (Å²) in [5, 5.41) is 0. The molecule has 0 aliphatic heterocycles. The van der Waals surface area contributed by atoms with Gasteiger partial charge in [-0.25, -0.2) is 0 Å². The number of ether oxygens (including phenoxy) is 1. The molecule has 4 heteroatoms. The number of ketones is 1. The highest BCUT2D eigenvalue weighted by atomic mass is 79.9. The zero-order valence-electron chi connectivity index (χ0n) is 11.6. The van der Waals surface area contributed by atoms with Crippen LogP contribution in [0.4, 0.5) is 0 Å². The summed E-state index contributed by atoms with van der Waals surface area (Å²) in [7, 11) is 0. The number of esters is 1. The van der Waals surface area contributed by atoms with Crippen molar-refractivity contribution in [3.63, 3.8) is 0 Å². The Morgan fingerprint density at radius 3 is 2.57 bits per heavy atom. The van der Waals surface area contributed by atoms with Gasteiger partial charge in [-0.3, -0.25) is 9.59 Å². The van der Waals surface area contributed by atoms with E-state index in [1.807, 2.05) is 24.3 Å². The summed E-state index contributed by atoms with van der Waals surface area (Å²) in [5.74, 6) is 0.0413. The summed E-state index contributed by atoms with van der Waals surface area (Å²) >= 11 is 3.40. The topological polar surface area (TPSA) is 43.4 Å². The lowest BCUT2D eigenvalue weighted by atomic mass is 10.1. The Kier molecular flexibility index (Phi) is 5.28. The first kappa shape index (κ1) is 15.4. The maximum atomic E-state index is 11.8. The van der Waals surface area contributed by atoms with Gasteiger partial charge < -0.3 is 4.74 Å². The van der Waals surface area contributed by atoms with Crippen LogP contribution in [0.3, 0.4) is 0 Å². The number of hydrogen-bond acceptors (Lipinski definition) is 3. The second-order valence-corrected chi connectivity index (χ2v) is 5.60.